The summed E-state index contributed by atoms with van der Waals surface area (Å²) in [6.07, 6.45) is 11.4. The summed E-state index contributed by atoms with van der Waals surface area (Å²) in [5.41, 5.74) is 6.07. The molecule has 0 radical (unpaired) electrons. The molecule has 0 aliphatic heterocycles. The van der Waals surface area contributed by atoms with Crippen LogP contribution in [0.4, 0.5) is 0 Å². The Morgan fingerprint density at radius 2 is 1.67 bits per heavy atom. The molecule has 1 amide bonds. The summed E-state index contributed by atoms with van der Waals surface area (Å²) >= 11 is 0. The molecule has 4 saturated carbocycles. The predicted molar refractivity (Wildman–Crippen MR) is 85.8 cm³/mol. The molecule has 4 bridgehead atoms. The van der Waals surface area contributed by atoms with E-state index >= 15 is 0 Å². The first-order chi connectivity index (χ1) is 10.1. The van der Waals surface area contributed by atoms with E-state index < -0.39 is 0 Å². The first-order valence-electron chi connectivity index (χ1n) is 9.12. The number of hydrogen-bond donors (Lipinski definition) is 1. The Balaban J connectivity index is 1.63. The second-order valence-corrected chi connectivity index (χ2v) is 8.12. The van der Waals surface area contributed by atoms with Crippen LogP contribution in [0.3, 0.4) is 0 Å². The van der Waals surface area contributed by atoms with Gasteiger partial charge in [-0.2, -0.15) is 0 Å². The summed E-state index contributed by atoms with van der Waals surface area (Å²) in [6.45, 7) is 4.42. The zero-order valence-corrected chi connectivity index (χ0v) is 13.7. The number of hydrogen-bond acceptors (Lipinski definition) is 2. The van der Waals surface area contributed by atoms with E-state index in [2.05, 4.69) is 6.92 Å². The van der Waals surface area contributed by atoms with Crippen molar-refractivity contribution in [3.8, 4) is 0 Å². The van der Waals surface area contributed by atoms with E-state index in [4.69, 9.17) is 5.73 Å². The number of unbranched alkanes of at least 4 members (excludes halogenated alkanes) is 1. The van der Waals surface area contributed by atoms with Gasteiger partial charge in [0.25, 0.3) is 0 Å². The summed E-state index contributed by atoms with van der Waals surface area (Å²) in [5.74, 6) is 3.18. The van der Waals surface area contributed by atoms with Crippen LogP contribution in [0.25, 0.3) is 0 Å². The molecule has 0 saturated heterocycles. The highest BCUT2D eigenvalue weighted by Gasteiger charge is 2.51. The van der Waals surface area contributed by atoms with Crippen molar-refractivity contribution in [1.82, 2.24) is 4.90 Å². The van der Waals surface area contributed by atoms with Gasteiger partial charge in [0.1, 0.15) is 0 Å². The fourth-order valence-electron chi connectivity index (χ4n) is 5.81. The molecule has 2 N–H and O–H groups in total. The molecule has 0 aromatic rings. The molecule has 0 atom stereocenters. The first-order valence-corrected chi connectivity index (χ1v) is 9.12. The number of carbonyl (C=O) groups excluding carboxylic acids is 1. The molecule has 0 spiro atoms. The molecule has 3 nitrogen and oxygen atoms in total. The van der Waals surface area contributed by atoms with Crippen molar-refractivity contribution in [3.63, 3.8) is 0 Å². The van der Waals surface area contributed by atoms with Crippen molar-refractivity contribution in [3.05, 3.63) is 0 Å². The lowest BCUT2D eigenvalue weighted by atomic mass is 9.49. The van der Waals surface area contributed by atoms with Gasteiger partial charge in [-0.25, -0.2) is 0 Å². The lowest BCUT2D eigenvalue weighted by Crippen LogP contribution is -2.49. The van der Waals surface area contributed by atoms with Crippen molar-refractivity contribution < 1.29 is 4.79 Å². The third-order valence-corrected chi connectivity index (χ3v) is 6.22. The van der Waals surface area contributed by atoms with E-state index in [9.17, 15) is 4.79 Å². The fourth-order valence-corrected chi connectivity index (χ4v) is 5.81. The van der Waals surface area contributed by atoms with Gasteiger partial charge < -0.3 is 10.6 Å². The van der Waals surface area contributed by atoms with Crippen LogP contribution in [0.1, 0.15) is 64.7 Å². The summed E-state index contributed by atoms with van der Waals surface area (Å²) < 4.78 is 0. The minimum Gasteiger partial charge on any atom is -0.341 e. The highest BCUT2D eigenvalue weighted by Crippen LogP contribution is 2.61. The van der Waals surface area contributed by atoms with Crippen molar-refractivity contribution in [2.24, 2.45) is 28.9 Å². The van der Waals surface area contributed by atoms with Gasteiger partial charge in [0.15, 0.2) is 0 Å². The van der Waals surface area contributed by atoms with Gasteiger partial charge in [-0.15, -0.1) is 0 Å². The number of amides is 1. The number of nitrogens with two attached hydrogens (primary N) is 1. The van der Waals surface area contributed by atoms with Gasteiger partial charge in [-0.05, 0) is 68.1 Å². The maximum atomic E-state index is 12.8. The highest BCUT2D eigenvalue weighted by atomic mass is 16.2. The van der Waals surface area contributed by atoms with Crippen LogP contribution in [0.15, 0.2) is 0 Å². The first kappa shape index (κ1) is 15.3. The molecule has 21 heavy (non-hydrogen) atoms. The molecule has 0 heterocycles. The van der Waals surface area contributed by atoms with E-state index in [1.165, 1.54) is 38.5 Å². The smallest absolute Gasteiger partial charge is 0.223 e. The Hall–Kier alpha value is -0.570. The summed E-state index contributed by atoms with van der Waals surface area (Å²) in [7, 11) is 0. The Kier molecular flexibility index (Phi) is 4.58. The van der Waals surface area contributed by atoms with E-state index in [0.717, 1.165) is 50.1 Å². The highest BCUT2D eigenvalue weighted by molar-refractivity contribution is 5.77. The van der Waals surface area contributed by atoms with Crippen LogP contribution in [0.2, 0.25) is 0 Å². The second kappa shape index (κ2) is 6.28. The van der Waals surface area contributed by atoms with Gasteiger partial charge >= 0.3 is 0 Å². The lowest BCUT2D eigenvalue weighted by Gasteiger charge is -2.57. The van der Waals surface area contributed by atoms with Gasteiger partial charge in [-0.3, -0.25) is 4.79 Å². The van der Waals surface area contributed by atoms with Crippen LogP contribution in [-0.4, -0.2) is 30.4 Å². The zero-order chi connectivity index (χ0) is 14.9. The molecule has 0 aromatic carbocycles. The Bertz CT molecular complexity index is 344. The number of carbonyl (C=O) groups is 1. The van der Waals surface area contributed by atoms with E-state index in [1.807, 2.05) is 4.90 Å². The monoisotopic (exact) mass is 292 g/mol. The number of nitrogens with zero attached hydrogens (tertiary/aromatic N) is 1. The Morgan fingerprint density at radius 3 is 2.14 bits per heavy atom. The summed E-state index contributed by atoms with van der Waals surface area (Å²) in [4.78, 5) is 14.8. The molecule has 4 aliphatic carbocycles. The van der Waals surface area contributed by atoms with E-state index in [-0.39, 0.29) is 0 Å². The molecule has 0 unspecified atom stereocenters. The molecule has 120 valence electrons. The van der Waals surface area contributed by atoms with Gasteiger partial charge in [0.2, 0.25) is 5.91 Å². The average molecular weight is 292 g/mol. The topological polar surface area (TPSA) is 46.3 Å². The van der Waals surface area contributed by atoms with Crippen LogP contribution in [0, 0.1) is 23.2 Å². The SMILES string of the molecule is CCCCN(CCN)C(=O)CC12CC3CC(CC(C3)C1)C2. The summed E-state index contributed by atoms with van der Waals surface area (Å²) in [5, 5.41) is 0. The third kappa shape index (κ3) is 3.28. The van der Waals surface area contributed by atoms with Gasteiger partial charge in [0, 0.05) is 26.1 Å². The largest absolute Gasteiger partial charge is 0.341 e. The molecule has 3 heteroatoms. The van der Waals surface area contributed by atoms with Gasteiger partial charge in [-0.1, -0.05) is 13.3 Å². The normalized spacial score (nSPS) is 37.0. The maximum absolute atomic E-state index is 12.8. The van der Waals surface area contributed by atoms with Crippen LogP contribution in [0.5, 0.6) is 0 Å². The maximum Gasteiger partial charge on any atom is 0.223 e. The fraction of sp³-hybridized carbons (Fsp3) is 0.944. The molecule has 4 rings (SSSR count). The minimum absolute atomic E-state index is 0.366. The van der Waals surface area contributed by atoms with Crippen LogP contribution >= 0.6 is 0 Å². The van der Waals surface area contributed by atoms with E-state index in [0.29, 0.717) is 17.9 Å². The van der Waals surface area contributed by atoms with Gasteiger partial charge in [0.05, 0.1) is 0 Å². The molecule has 0 aromatic heterocycles. The molecular weight excluding hydrogens is 260 g/mol. The standard InChI is InChI=1S/C18H32N2O/c1-2-3-5-20(6-4-19)17(21)13-18-10-14-7-15(11-18)9-16(8-14)12-18/h14-16H,2-13,19H2,1H3. The van der Waals surface area contributed by atoms with E-state index in [1.54, 1.807) is 0 Å². The predicted octanol–water partition coefficient (Wildman–Crippen LogP) is 3.18. The second-order valence-electron chi connectivity index (χ2n) is 8.12. The molecule has 4 fully saturated rings. The molecule has 4 aliphatic rings. The third-order valence-electron chi connectivity index (χ3n) is 6.22. The summed E-state index contributed by atoms with van der Waals surface area (Å²) in [6, 6.07) is 0. The minimum atomic E-state index is 0.366. The van der Waals surface area contributed by atoms with Crippen molar-refractivity contribution in [2.75, 3.05) is 19.6 Å². The van der Waals surface area contributed by atoms with Crippen molar-refractivity contribution in [1.29, 1.82) is 0 Å². The quantitative estimate of drug-likeness (QED) is 0.783. The molecular formula is C18H32N2O. The zero-order valence-electron chi connectivity index (χ0n) is 13.7. The van der Waals surface area contributed by atoms with Crippen LogP contribution < -0.4 is 5.73 Å². The Labute approximate surface area is 129 Å². The Morgan fingerprint density at radius 1 is 1.10 bits per heavy atom. The lowest BCUT2D eigenvalue weighted by molar-refractivity contribution is -0.139. The van der Waals surface area contributed by atoms with Crippen molar-refractivity contribution in [2.45, 2.75) is 64.7 Å². The average Bonchev–Trinajstić information content (AvgIpc) is 2.41. The number of rotatable bonds is 7. The van der Waals surface area contributed by atoms with Crippen LogP contribution in [-0.2, 0) is 4.79 Å². The van der Waals surface area contributed by atoms with Crippen molar-refractivity contribution >= 4 is 5.91 Å².